The third-order valence-electron chi connectivity index (χ3n) is 1.22. The van der Waals surface area contributed by atoms with E-state index in [1.165, 1.54) is 0 Å². The molecule has 1 rings (SSSR count). The van der Waals surface area contributed by atoms with E-state index >= 15 is 0 Å². The highest BCUT2D eigenvalue weighted by Crippen LogP contribution is 1.97. The predicted molar refractivity (Wildman–Crippen MR) is 48.6 cm³/mol. The minimum Gasteiger partial charge on any atom is -0.391 e. The first-order chi connectivity index (χ1) is 6.63. The lowest BCUT2D eigenvalue weighted by Gasteiger charge is -2.23. The molecule has 0 aliphatic carbocycles. The van der Waals surface area contributed by atoms with E-state index < -0.39 is 16.3 Å². The molecule has 1 amide bonds. The van der Waals surface area contributed by atoms with Gasteiger partial charge in [-0.25, -0.2) is 5.84 Å². The Hall–Kier alpha value is -1.56. The van der Waals surface area contributed by atoms with Gasteiger partial charge in [0.05, 0.1) is 0 Å². The molecule has 15 heavy (non-hydrogen) atoms. The number of hydrogen-bond donors (Lipinski definition) is 6. The molecule has 1 heterocycles. The second-order valence-corrected chi connectivity index (χ2v) is 3.28. The molecule has 1 aliphatic rings. The smallest absolute Gasteiger partial charge is 0.391 e. The normalized spacial score (nSPS) is 16.7. The standard InChI is InChI=1S/C4H9N5O.H2O4S/c5-2-3(6)8-1-9(7)4(2)10;1-5(2,3)4/h8H,1,5-7H2;(H2,1,2,3,4). The van der Waals surface area contributed by atoms with Crippen LogP contribution in [0.5, 0.6) is 0 Å². The highest BCUT2D eigenvalue weighted by Gasteiger charge is 2.20. The van der Waals surface area contributed by atoms with Crippen LogP contribution in [0.25, 0.3) is 0 Å². The number of nitrogens with zero attached hydrogens (tertiary/aromatic N) is 1. The van der Waals surface area contributed by atoms with Crippen molar-refractivity contribution in [3.63, 3.8) is 0 Å². The number of carbonyl (C=O) groups excluding carboxylic acids is 1. The Morgan fingerprint density at radius 1 is 1.33 bits per heavy atom. The van der Waals surface area contributed by atoms with E-state index in [0.717, 1.165) is 5.01 Å². The van der Waals surface area contributed by atoms with Crippen LogP contribution < -0.4 is 22.6 Å². The number of nitrogens with one attached hydrogen (secondary N) is 1. The van der Waals surface area contributed by atoms with E-state index in [0.29, 0.717) is 0 Å². The Kier molecular flexibility index (Phi) is 4.29. The van der Waals surface area contributed by atoms with Crippen molar-refractivity contribution in [2.24, 2.45) is 17.3 Å². The highest BCUT2D eigenvalue weighted by atomic mass is 32.3. The highest BCUT2D eigenvalue weighted by molar-refractivity contribution is 7.79. The lowest BCUT2D eigenvalue weighted by atomic mass is 10.3. The van der Waals surface area contributed by atoms with Crippen molar-refractivity contribution in [3.8, 4) is 0 Å². The fourth-order valence-electron chi connectivity index (χ4n) is 0.607. The van der Waals surface area contributed by atoms with Gasteiger partial charge in [0, 0.05) is 0 Å². The fraction of sp³-hybridized carbons (Fsp3) is 0.250. The molecule has 9 N–H and O–H groups in total. The summed E-state index contributed by atoms with van der Waals surface area (Å²) < 4.78 is 31.6. The van der Waals surface area contributed by atoms with Crippen LogP contribution in [0, 0.1) is 0 Å². The summed E-state index contributed by atoms with van der Waals surface area (Å²) in [7, 11) is -4.67. The Morgan fingerprint density at radius 2 is 1.73 bits per heavy atom. The largest absolute Gasteiger partial charge is 0.394 e. The molecule has 1 aliphatic heterocycles. The maximum Gasteiger partial charge on any atom is 0.394 e. The quantitative estimate of drug-likeness (QED) is 0.143. The van der Waals surface area contributed by atoms with Crippen LogP contribution in [0.3, 0.4) is 0 Å². The molecule has 10 nitrogen and oxygen atoms in total. The van der Waals surface area contributed by atoms with Crippen LogP contribution in [-0.4, -0.2) is 35.1 Å². The van der Waals surface area contributed by atoms with Crippen molar-refractivity contribution in [3.05, 3.63) is 11.5 Å². The number of hydrogen-bond acceptors (Lipinski definition) is 7. The molecule has 0 bridgehead atoms. The van der Waals surface area contributed by atoms with Crippen LogP contribution in [0.15, 0.2) is 11.5 Å². The first kappa shape index (κ1) is 13.4. The minimum atomic E-state index is -4.67. The first-order valence-electron chi connectivity index (χ1n) is 3.38. The number of carbonyl (C=O) groups is 1. The maximum atomic E-state index is 10.8. The monoisotopic (exact) mass is 241 g/mol. The van der Waals surface area contributed by atoms with Crippen LogP contribution >= 0.6 is 0 Å². The SMILES string of the molecule is NC1=C(N)C(=O)N(N)CN1.O=S(=O)(O)O. The summed E-state index contributed by atoms with van der Waals surface area (Å²) in [5.41, 5.74) is 10.5. The van der Waals surface area contributed by atoms with E-state index in [9.17, 15) is 4.79 Å². The number of rotatable bonds is 0. The molecule has 0 saturated carbocycles. The Morgan fingerprint density at radius 3 is 2.07 bits per heavy atom. The molecule has 0 unspecified atom stereocenters. The maximum absolute atomic E-state index is 10.8. The van der Waals surface area contributed by atoms with E-state index in [2.05, 4.69) is 5.32 Å². The van der Waals surface area contributed by atoms with Gasteiger partial charge in [-0.15, -0.1) is 0 Å². The number of nitrogens with two attached hydrogens (primary N) is 3. The van der Waals surface area contributed by atoms with Crippen LogP contribution in [0.4, 0.5) is 0 Å². The molecule has 0 atom stereocenters. The van der Waals surface area contributed by atoms with Gasteiger partial charge in [0.2, 0.25) is 0 Å². The molecular weight excluding hydrogens is 230 g/mol. The van der Waals surface area contributed by atoms with Crippen molar-refractivity contribution in [2.75, 3.05) is 6.67 Å². The van der Waals surface area contributed by atoms with E-state index in [1.54, 1.807) is 0 Å². The second kappa shape index (κ2) is 4.79. The van der Waals surface area contributed by atoms with Crippen molar-refractivity contribution in [1.82, 2.24) is 10.3 Å². The summed E-state index contributed by atoms with van der Waals surface area (Å²) in [6.07, 6.45) is 0. The zero-order valence-electron chi connectivity index (χ0n) is 7.41. The Labute approximate surface area is 85.2 Å². The van der Waals surface area contributed by atoms with Gasteiger partial charge in [0.25, 0.3) is 5.91 Å². The van der Waals surface area contributed by atoms with E-state index in [-0.39, 0.29) is 18.2 Å². The second-order valence-electron chi connectivity index (χ2n) is 2.39. The van der Waals surface area contributed by atoms with Gasteiger partial charge < -0.3 is 16.8 Å². The van der Waals surface area contributed by atoms with Crippen LogP contribution in [0.2, 0.25) is 0 Å². The number of hydrazine groups is 1. The van der Waals surface area contributed by atoms with Gasteiger partial charge in [-0.3, -0.25) is 18.9 Å². The van der Waals surface area contributed by atoms with Crippen molar-refractivity contribution < 1.29 is 22.3 Å². The van der Waals surface area contributed by atoms with Crippen molar-refractivity contribution in [1.29, 1.82) is 0 Å². The summed E-state index contributed by atoms with van der Waals surface area (Å²) in [5, 5.41) is 3.57. The molecule has 0 saturated heterocycles. The summed E-state index contributed by atoms with van der Waals surface area (Å²) >= 11 is 0. The third kappa shape index (κ3) is 5.69. The van der Waals surface area contributed by atoms with Gasteiger partial charge in [0.15, 0.2) is 0 Å². The fourth-order valence-corrected chi connectivity index (χ4v) is 0.607. The Bertz CT molecular complexity index is 367. The van der Waals surface area contributed by atoms with Gasteiger partial charge in [-0.1, -0.05) is 0 Å². The molecule has 0 fully saturated rings. The summed E-state index contributed by atoms with van der Waals surface area (Å²) in [4.78, 5) is 10.8. The van der Waals surface area contributed by atoms with Crippen LogP contribution in [-0.2, 0) is 15.2 Å². The molecule has 0 spiro atoms. The number of amides is 1. The van der Waals surface area contributed by atoms with Crippen molar-refractivity contribution in [2.45, 2.75) is 0 Å². The molecule has 0 aromatic carbocycles. The summed E-state index contributed by atoms with van der Waals surface area (Å²) in [5.74, 6) is 4.92. The predicted octanol–water partition coefficient (Wildman–Crippen LogP) is -3.32. The van der Waals surface area contributed by atoms with Crippen LogP contribution in [0.1, 0.15) is 0 Å². The summed E-state index contributed by atoms with van der Waals surface area (Å²) in [6, 6.07) is 0. The molecule has 0 aromatic rings. The molecule has 0 aromatic heterocycles. The third-order valence-corrected chi connectivity index (χ3v) is 1.22. The molecule has 88 valence electrons. The van der Waals surface area contributed by atoms with Gasteiger partial charge in [-0.2, -0.15) is 8.42 Å². The zero-order valence-corrected chi connectivity index (χ0v) is 8.23. The van der Waals surface area contributed by atoms with Gasteiger partial charge >= 0.3 is 10.4 Å². The first-order valence-corrected chi connectivity index (χ1v) is 4.78. The molecule has 11 heteroatoms. The lowest BCUT2D eigenvalue weighted by Crippen LogP contribution is -2.52. The van der Waals surface area contributed by atoms with Gasteiger partial charge in [-0.05, 0) is 0 Å². The average Bonchev–Trinajstić information content (AvgIpc) is 2.05. The Balaban J connectivity index is 0.000000336. The van der Waals surface area contributed by atoms with E-state index in [4.69, 9.17) is 34.8 Å². The minimum absolute atomic E-state index is 0.0336. The topological polar surface area (TPSA) is 185 Å². The van der Waals surface area contributed by atoms with Crippen molar-refractivity contribution >= 4 is 16.3 Å². The zero-order chi connectivity index (χ0) is 12.2. The summed E-state index contributed by atoms with van der Waals surface area (Å²) in [6.45, 7) is 0.200. The molecular formula is C4H11N5O5S. The van der Waals surface area contributed by atoms with E-state index in [1.807, 2.05) is 0 Å². The lowest BCUT2D eigenvalue weighted by molar-refractivity contribution is -0.128. The van der Waals surface area contributed by atoms with Gasteiger partial charge in [0.1, 0.15) is 18.2 Å². The molecule has 0 radical (unpaired) electrons. The average molecular weight is 241 g/mol.